The average molecular weight is 417 g/mol. The quantitative estimate of drug-likeness (QED) is 0.786. The Hall–Kier alpha value is -3.06. The van der Waals surface area contributed by atoms with E-state index in [2.05, 4.69) is 25.6 Å². The largest absolute Gasteiger partial charge is 0.447 e. The Morgan fingerprint density at radius 1 is 1.27 bits per heavy atom. The van der Waals surface area contributed by atoms with Crippen molar-refractivity contribution in [1.29, 1.82) is 0 Å². The molecule has 1 N–H and O–H groups in total. The number of benzene rings is 2. The summed E-state index contributed by atoms with van der Waals surface area (Å²) in [6.07, 6.45) is -0.825. The van der Waals surface area contributed by atoms with Gasteiger partial charge in [-0.25, -0.2) is 18.5 Å². The first-order chi connectivity index (χ1) is 14.2. The molecule has 5 nitrogen and oxygen atoms in total. The number of carbonyl (C=O) groups is 2. The maximum Gasteiger partial charge on any atom is 0.416 e. The number of halogens is 2. The number of allylic oxidation sites excluding steroid dienone is 1. The maximum atomic E-state index is 13.7. The molecule has 2 aromatic rings. The number of aliphatic hydroxyl groups excluding tert-OH is 1. The van der Waals surface area contributed by atoms with Gasteiger partial charge in [0.25, 0.3) is 0 Å². The number of imide groups is 1. The van der Waals surface area contributed by atoms with Crippen LogP contribution in [-0.4, -0.2) is 41.3 Å². The molecule has 0 saturated carbocycles. The van der Waals surface area contributed by atoms with E-state index in [0.717, 1.165) is 17.0 Å². The zero-order valence-electron chi connectivity index (χ0n) is 17.0. The third kappa shape index (κ3) is 5.97. The van der Waals surface area contributed by atoms with Gasteiger partial charge in [0.1, 0.15) is 18.2 Å². The lowest BCUT2D eigenvalue weighted by atomic mass is 9.94. The molecule has 0 radical (unpaired) electrons. The second kappa shape index (κ2) is 10.6. The molecular weight excluding hydrogens is 392 g/mol. The second-order valence-corrected chi connectivity index (χ2v) is 7.10. The number of rotatable bonds is 5. The van der Waals surface area contributed by atoms with Crippen LogP contribution in [0.5, 0.6) is 0 Å². The first kappa shape index (κ1) is 23.2. The van der Waals surface area contributed by atoms with Crippen LogP contribution in [0.4, 0.5) is 13.6 Å². The molecule has 2 amide bonds. The van der Waals surface area contributed by atoms with Crippen molar-refractivity contribution in [3.8, 4) is 0 Å². The summed E-state index contributed by atoms with van der Waals surface area (Å²) in [5.74, 6) is -3.08. The number of hydrogen-bond donors (Lipinski definition) is 1. The first-order valence-corrected chi connectivity index (χ1v) is 9.50. The fraction of sp³-hybridized carbons (Fsp3) is 0.304. The average Bonchev–Trinajstić information content (AvgIpc) is 3.04. The highest BCUT2D eigenvalue weighted by Crippen LogP contribution is 2.26. The van der Waals surface area contributed by atoms with Gasteiger partial charge >= 0.3 is 6.09 Å². The Morgan fingerprint density at radius 3 is 2.40 bits per heavy atom. The summed E-state index contributed by atoms with van der Waals surface area (Å²) in [4.78, 5) is 24.9. The van der Waals surface area contributed by atoms with E-state index in [1.807, 2.05) is 18.2 Å². The minimum atomic E-state index is -0.958. The van der Waals surface area contributed by atoms with Gasteiger partial charge in [-0.1, -0.05) is 42.5 Å². The van der Waals surface area contributed by atoms with Gasteiger partial charge in [0.05, 0.1) is 18.6 Å². The Morgan fingerprint density at radius 2 is 1.93 bits per heavy atom. The van der Waals surface area contributed by atoms with E-state index in [1.54, 1.807) is 6.92 Å². The highest BCUT2D eigenvalue weighted by atomic mass is 19.1. The number of amides is 2. The van der Waals surface area contributed by atoms with Crippen LogP contribution in [0, 0.1) is 24.5 Å². The SMILES string of the molecule is C=C(CC(CO)C(=O)N1C(=O)OC[C@H]1C)c1ccc(F)cc1F.Cc1ccccc1. The van der Waals surface area contributed by atoms with Crippen molar-refractivity contribution in [2.45, 2.75) is 26.3 Å². The Labute approximate surface area is 174 Å². The molecule has 0 bridgehead atoms. The molecule has 0 aromatic heterocycles. The monoisotopic (exact) mass is 417 g/mol. The van der Waals surface area contributed by atoms with E-state index in [1.165, 1.54) is 11.6 Å². The van der Waals surface area contributed by atoms with E-state index >= 15 is 0 Å². The lowest BCUT2D eigenvalue weighted by molar-refractivity contribution is -0.134. The van der Waals surface area contributed by atoms with Crippen LogP contribution in [0.25, 0.3) is 5.57 Å². The molecule has 2 aromatic carbocycles. The van der Waals surface area contributed by atoms with Gasteiger partial charge in [-0.05, 0) is 38.0 Å². The van der Waals surface area contributed by atoms with Crippen LogP contribution in [-0.2, 0) is 9.53 Å². The molecular formula is C23H25F2NO4. The molecule has 2 atom stereocenters. The topological polar surface area (TPSA) is 66.8 Å². The number of ether oxygens (including phenoxy) is 1. The van der Waals surface area contributed by atoms with Gasteiger partial charge in [-0.3, -0.25) is 4.79 Å². The van der Waals surface area contributed by atoms with E-state index in [0.29, 0.717) is 0 Å². The van der Waals surface area contributed by atoms with Crippen LogP contribution >= 0.6 is 0 Å². The van der Waals surface area contributed by atoms with Crippen LogP contribution in [0.1, 0.15) is 24.5 Å². The van der Waals surface area contributed by atoms with Crippen molar-refractivity contribution in [2.24, 2.45) is 5.92 Å². The molecule has 1 heterocycles. The Balaban J connectivity index is 0.000000386. The third-order valence-electron chi connectivity index (χ3n) is 4.64. The number of aliphatic hydroxyl groups is 1. The molecule has 1 aliphatic rings. The molecule has 0 aliphatic carbocycles. The number of cyclic esters (lactones) is 1. The van der Waals surface area contributed by atoms with E-state index in [9.17, 15) is 23.5 Å². The molecule has 7 heteroatoms. The number of aryl methyl sites for hydroxylation is 1. The van der Waals surface area contributed by atoms with Crippen LogP contribution in [0.2, 0.25) is 0 Å². The van der Waals surface area contributed by atoms with Crippen LogP contribution < -0.4 is 0 Å². The Bertz CT molecular complexity index is 901. The predicted octanol–water partition coefficient (Wildman–Crippen LogP) is 4.34. The van der Waals surface area contributed by atoms with Gasteiger partial charge in [0, 0.05) is 11.6 Å². The molecule has 1 fully saturated rings. The highest BCUT2D eigenvalue weighted by molar-refractivity contribution is 5.95. The predicted molar refractivity (Wildman–Crippen MR) is 109 cm³/mol. The Kier molecular flexibility index (Phi) is 8.24. The zero-order valence-corrected chi connectivity index (χ0v) is 17.0. The summed E-state index contributed by atoms with van der Waals surface area (Å²) >= 11 is 0. The summed E-state index contributed by atoms with van der Waals surface area (Å²) in [5, 5.41) is 9.44. The molecule has 1 saturated heterocycles. The minimum absolute atomic E-state index is 0.0611. The van der Waals surface area contributed by atoms with E-state index < -0.39 is 42.2 Å². The molecule has 0 spiro atoms. The number of carbonyl (C=O) groups excluding carboxylic acids is 2. The normalized spacial score (nSPS) is 16.4. The van der Waals surface area contributed by atoms with Crippen molar-refractivity contribution in [1.82, 2.24) is 4.90 Å². The number of nitrogens with zero attached hydrogens (tertiary/aromatic N) is 1. The van der Waals surface area contributed by atoms with Crippen LogP contribution in [0.3, 0.4) is 0 Å². The zero-order chi connectivity index (χ0) is 22.3. The summed E-state index contributed by atoms with van der Waals surface area (Å²) in [5.41, 5.74) is 1.62. The first-order valence-electron chi connectivity index (χ1n) is 9.50. The van der Waals surface area contributed by atoms with Gasteiger partial charge < -0.3 is 9.84 Å². The third-order valence-corrected chi connectivity index (χ3v) is 4.64. The summed E-state index contributed by atoms with van der Waals surface area (Å²) < 4.78 is 31.5. The molecule has 30 heavy (non-hydrogen) atoms. The van der Waals surface area contributed by atoms with Gasteiger partial charge in [0.15, 0.2) is 0 Å². The number of hydrogen-bond acceptors (Lipinski definition) is 4. The van der Waals surface area contributed by atoms with E-state index in [4.69, 9.17) is 4.74 Å². The molecule has 160 valence electrons. The lowest BCUT2D eigenvalue weighted by Crippen LogP contribution is -2.42. The lowest BCUT2D eigenvalue weighted by Gasteiger charge is -2.22. The molecule has 3 rings (SSSR count). The molecule has 1 unspecified atom stereocenters. The van der Waals surface area contributed by atoms with Crippen molar-refractivity contribution in [3.63, 3.8) is 0 Å². The fourth-order valence-electron chi connectivity index (χ4n) is 2.97. The highest BCUT2D eigenvalue weighted by Gasteiger charge is 2.38. The second-order valence-electron chi connectivity index (χ2n) is 7.10. The van der Waals surface area contributed by atoms with Gasteiger partial charge in [0.2, 0.25) is 5.91 Å². The molecule has 1 aliphatic heterocycles. The van der Waals surface area contributed by atoms with Crippen molar-refractivity contribution in [3.05, 3.63) is 77.9 Å². The van der Waals surface area contributed by atoms with Crippen molar-refractivity contribution >= 4 is 17.6 Å². The van der Waals surface area contributed by atoms with Crippen molar-refractivity contribution in [2.75, 3.05) is 13.2 Å². The van der Waals surface area contributed by atoms with Gasteiger partial charge in [-0.2, -0.15) is 0 Å². The summed E-state index contributed by atoms with van der Waals surface area (Å²) in [6.45, 7) is 6.98. The van der Waals surface area contributed by atoms with E-state index in [-0.39, 0.29) is 24.2 Å². The van der Waals surface area contributed by atoms with Crippen molar-refractivity contribution < 1.29 is 28.2 Å². The van der Waals surface area contributed by atoms with Gasteiger partial charge in [-0.15, -0.1) is 0 Å². The standard InChI is InChI=1S/C16H17F2NO4.C7H8/c1-9(13-4-3-12(17)6-14(13)18)5-11(7-20)15(21)19-10(2)8-23-16(19)22;1-7-5-3-2-4-6-7/h3-4,6,10-11,20H,1,5,7-8H2,2H3;2-6H,1H3/t10-,11?;/m1./s1. The smallest absolute Gasteiger partial charge is 0.416 e. The minimum Gasteiger partial charge on any atom is -0.447 e. The maximum absolute atomic E-state index is 13.7. The summed E-state index contributed by atoms with van der Waals surface area (Å²) in [7, 11) is 0. The van der Waals surface area contributed by atoms with Crippen LogP contribution in [0.15, 0.2) is 55.1 Å². The fourth-order valence-corrected chi connectivity index (χ4v) is 2.97. The summed E-state index contributed by atoms with van der Waals surface area (Å²) in [6, 6.07) is 12.9.